The summed E-state index contributed by atoms with van der Waals surface area (Å²) in [5, 5.41) is 5.43. The molecule has 1 aromatic heterocycles. The first kappa shape index (κ1) is 20.4. The maximum atomic E-state index is 12.8. The number of hydrogen-bond acceptors (Lipinski definition) is 6. The van der Waals surface area contributed by atoms with Crippen molar-refractivity contribution in [3.05, 3.63) is 75.8 Å². The third-order valence-corrected chi connectivity index (χ3v) is 5.56. The Morgan fingerprint density at radius 3 is 2.58 bits per heavy atom. The summed E-state index contributed by atoms with van der Waals surface area (Å²) in [7, 11) is 1.32. The van der Waals surface area contributed by atoms with Crippen molar-refractivity contribution in [3.8, 4) is 0 Å². The van der Waals surface area contributed by atoms with Crippen LogP contribution < -0.4 is 10.6 Å². The van der Waals surface area contributed by atoms with Crippen molar-refractivity contribution in [2.24, 2.45) is 0 Å². The second kappa shape index (κ2) is 8.49. The zero-order valence-electron chi connectivity index (χ0n) is 16.4. The van der Waals surface area contributed by atoms with E-state index in [-0.39, 0.29) is 12.5 Å². The van der Waals surface area contributed by atoms with Crippen molar-refractivity contribution in [1.29, 1.82) is 0 Å². The highest BCUT2D eigenvalue weighted by molar-refractivity contribution is 8.18. The van der Waals surface area contributed by atoms with Crippen molar-refractivity contribution >= 4 is 51.8 Å². The Labute approximate surface area is 181 Å². The Balaban J connectivity index is 1.52. The van der Waals surface area contributed by atoms with E-state index in [1.54, 1.807) is 48.7 Å². The molecule has 0 saturated carbocycles. The molecule has 3 amide bonds. The number of amides is 3. The monoisotopic (exact) mass is 435 g/mol. The van der Waals surface area contributed by atoms with Gasteiger partial charge < -0.3 is 15.0 Å². The van der Waals surface area contributed by atoms with Gasteiger partial charge in [0.25, 0.3) is 17.1 Å². The van der Waals surface area contributed by atoms with Crippen molar-refractivity contribution in [2.45, 2.75) is 6.54 Å². The number of methoxy groups -OCH3 is 1. The zero-order valence-corrected chi connectivity index (χ0v) is 17.2. The molecule has 31 heavy (non-hydrogen) atoms. The van der Waals surface area contributed by atoms with Gasteiger partial charge in [0.1, 0.15) is 0 Å². The number of imide groups is 1. The molecule has 2 heterocycles. The Bertz CT molecular complexity index is 1240. The predicted molar refractivity (Wildman–Crippen MR) is 116 cm³/mol. The smallest absolute Gasteiger partial charge is 0.337 e. The number of nitrogens with one attached hydrogen (secondary N) is 3. The van der Waals surface area contributed by atoms with E-state index in [1.165, 1.54) is 7.11 Å². The van der Waals surface area contributed by atoms with E-state index >= 15 is 0 Å². The van der Waals surface area contributed by atoms with Crippen LogP contribution in [0.1, 0.15) is 31.8 Å². The number of para-hydroxylation sites is 1. The average molecular weight is 435 g/mol. The van der Waals surface area contributed by atoms with Gasteiger partial charge in [0.2, 0.25) is 0 Å². The molecule has 1 saturated heterocycles. The molecule has 9 heteroatoms. The molecule has 0 atom stereocenters. The zero-order chi connectivity index (χ0) is 22.0. The lowest BCUT2D eigenvalue weighted by molar-refractivity contribution is -0.115. The maximum absolute atomic E-state index is 12.8. The number of H-pyrrole nitrogens is 1. The lowest BCUT2D eigenvalue weighted by atomic mass is 10.1. The molecular weight excluding hydrogens is 418 g/mol. The van der Waals surface area contributed by atoms with Gasteiger partial charge in [-0.15, -0.1) is 0 Å². The van der Waals surface area contributed by atoms with Crippen LogP contribution in [0.2, 0.25) is 0 Å². The fraction of sp³-hybridized carbons (Fsp3) is 0.0909. The molecule has 1 aliphatic heterocycles. The second-order valence-electron chi connectivity index (χ2n) is 6.70. The molecule has 1 aliphatic rings. The van der Waals surface area contributed by atoms with E-state index in [2.05, 4.69) is 20.4 Å². The van der Waals surface area contributed by atoms with E-state index in [0.29, 0.717) is 27.1 Å². The van der Waals surface area contributed by atoms with Crippen molar-refractivity contribution in [1.82, 2.24) is 15.6 Å². The third kappa shape index (κ3) is 4.22. The first-order valence-corrected chi connectivity index (χ1v) is 10.1. The van der Waals surface area contributed by atoms with E-state index < -0.39 is 17.1 Å². The van der Waals surface area contributed by atoms with E-state index in [9.17, 15) is 19.2 Å². The normalized spacial score (nSPS) is 14.7. The topological polar surface area (TPSA) is 117 Å². The van der Waals surface area contributed by atoms with E-state index in [1.807, 2.05) is 6.07 Å². The Hall–Kier alpha value is -3.85. The number of esters is 1. The van der Waals surface area contributed by atoms with Crippen LogP contribution in [0.25, 0.3) is 17.0 Å². The van der Waals surface area contributed by atoms with Gasteiger partial charge in [-0.2, -0.15) is 0 Å². The Kier molecular flexibility index (Phi) is 5.59. The number of benzene rings is 2. The number of hydrogen-bond donors (Lipinski definition) is 3. The lowest BCUT2D eigenvalue weighted by Crippen LogP contribution is -2.23. The van der Waals surface area contributed by atoms with Gasteiger partial charge in [0.15, 0.2) is 0 Å². The minimum absolute atomic E-state index is 0.271. The van der Waals surface area contributed by atoms with Gasteiger partial charge in [-0.05, 0) is 41.6 Å². The highest BCUT2D eigenvalue weighted by atomic mass is 32.2. The molecule has 0 radical (unpaired) electrons. The van der Waals surface area contributed by atoms with Crippen LogP contribution in [0, 0.1) is 0 Å². The Morgan fingerprint density at radius 1 is 1.13 bits per heavy atom. The molecule has 4 rings (SSSR count). The SMILES string of the molecule is COC(=O)c1ccc(CNC(=O)c2cccc3c(/C=C4/SC(=O)NC4=O)c[nH]c23)cc1. The first-order chi connectivity index (χ1) is 15.0. The summed E-state index contributed by atoms with van der Waals surface area (Å²) in [5.74, 6) is -1.12. The van der Waals surface area contributed by atoms with Crippen LogP contribution in [0.5, 0.6) is 0 Å². The van der Waals surface area contributed by atoms with Gasteiger partial charge in [0.05, 0.1) is 28.7 Å². The van der Waals surface area contributed by atoms with Crippen molar-refractivity contribution < 1.29 is 23.9 Å². The summed E-state index contributed by atoms with van der Waals surface area (Å²) < 4.78 is 4.67. The van der Waals surface area contributed by atoms with E-state index in [0.717, 1.165) is 22.7 Å². The van der Waals surface area contributed by atoms with Gasteiger partial charge in [-0.3, -0.25) is 19.7 Å². The molecule has 2 aromatic carbocycles. The quantitative estimate of drug-likeness (QED) is 0.418. The number of fused-ring (bicyclic) bond motifs is 1. The maximum Gasteiger partial charge on any atom is 0.337 e. The summed E-state index contributed by atoms with van der Waals surface area (Å²) >= 11 is 0.840. The molecule has 8 nitrogen and oxygen atoms in total. The van der Waals surface area contributed by atoms with Crippen LogP contribution >= 0.6 is 11.8 Å². The van der Waals surface area contributed by atoms with Gasteiger partial charge in [-0.25, -0.2) is 4.79 Å². The number of aromatic amines is 1. The first-order valence-electron chi connectivity index (χ1n) is 9.26. The van der Waals surface area contributed by atoms with Crippen LogP contribution in [-0.4, -0.2) is 35.1 Å². The van der Waals surface area contributed by atoms with Gasteiger partial charge in [0, 0.05) is 23.7 Å². The van der Waals surface area contributed by atoms with Crippen LogP contribution in [0.15, 0.2) is 53.6 Å². The molecule has 0 spiro atoms. The minimum Gasteiger partial charge on any atom is -0.465 e. The largest absolute Gasteiger partial charge is 0.465 e. The number of thioether (sulfide) groups is 1. The third-order valence-electron chi connectivity index (χ3n) is 4.75. The highest BCUT2D eigenvalue weighted by Crippen LogP contribution is 2.29. The summed E-state index contributed by atoms with van der Waals surface area (Å²) in [6.07, 6.45) is 3.31. The fourth-order valence-electron chi connectivity index (χ4n) is 3.20. The van der Waals surface area contributed by atoms with Crippen molar-refractivity contribution in [3.63, 3.8) is 0 Å². The molecule has 3 aromatic rings. The highest BCUT2D eigenvalue weighted by Gasteiger charge is 2.25. The summed E-state index contributed by atoms with van der Waals surface area (Å²) in [5.41, 5.74) is 3.05. The number of ether oxygens (including phenoxy) is 1. The predicted octanol–water partition coefficient (Wildman–Crippen LogP) is 3.21. The fourth-order valence-corrected chi connectivity index (χ4v) is 3.87. The average Bonchev–Trinajstić information content (AvgIpc) is 3.34. The molecule has 0 aliphatic carbocycles. The van der Waals surface area contributed by atoms with E-state index in [4.69, 9.17) is 0 Å². The molecule has 1 fully saturated rings. The van der Waals surface area contributed by atoms with Gasteiger partial charge >= 0.3 is 5.97 Å². The molecule has 0 bridgehead atoms. The molecule has 0 unspecified atom stereocenters. The second-order valence-corrected chi connectivity index (χ2v) is 7.71. The number of rotatable bonds is 5. The standard InChI is InChI=1S/C22H17N3O5S/c1-30-21(28)13-7-5-12(6-8-13)10-24-19(26)16-4-2-3-15-14(11-23-18(15)16)9-17-20(27)25-22(29)31-17/h2-9,11,23H,10H2,1H3,(H,24,26)(H,25,27,29)/b17-9+. The Morgan fingerprint density at radius 2 is 1.90 bits per heavy atom. The summed E-state index contributed by atoms with van der Waals surface area (Å²) in [4.78, 5) is 50.8. The van der Waals surface area contributed by atoms with Crippen LogP contribution in [0.3, 0.4) is 0 Å². The van der Waals surface area contributed by atoms with Crippen molar-refractivity contribution in [2.75, 3.05) is 7.11 Å². The number of carbonyl (C=O) groups is 4. The molecule has 3 N–H and O–H groups in total. The van der Waals surface area contributed by atoms with Crippen LogP contribution in [-0.2, 0) is 16.1 Å². The number of aromatic nitrogens is 1. The molecule has 156 valence electrons. The minimum atomic E-state index is -0.434. The molecular formula is C22H17N3O5S. The summed E-state index contributed by atoms with van der Waals surface area (Å²) in [6, 6.07) is 12.1. The lowest BCUT2D eigenvalue weighted by Gasteiger charge is -2.07. The number of carbonyl (C=O) groups excluding carboxylic acids is 4. The van der Waals surface area contributed by atoms with Crippen LogP contribution in [0.4, 0.5) is 4.79 Å². The van der Waals surface area contributed by atoms with Gasteiger partial charge in [-0.1, -0.05) is 24.3 Å². The summed E-state index contributed by atoms with van der Waals surface area (Å²) in [6.45, 7) is 0.285.